The van der Waals surface area contributed by atoms with Gasteiger partial charge in [0.2, 0.25) is 0 Å². The SMILES string of the molecule is CCO[N+](=O)c1cc([N+](=O)[O-])c([O-])c([N+](=O)[O-])c1. The molecule has 0 fully saturated rings. The molecular formula is C8H7N3O7. The van der Waals surface area contributed by atoms with E-state index in [1.165, 1.54) is 6.92 Å². The molecule has 0 heterocycles. The van der Waals surface area contributed by atoms with Crippen LogP contribution in [0.25, 0.3) is 0 Å². The molecule has 0 aliphatic rings. The van der Waals surface area contributed by atoms with Crippen LogP contribution in [0.5, 0.6) is 5.75 Å². The first kappa shape index (κ1) is 13.3. The fourth-order valence-electron chi connectivity index (χ4n) is 1.15. The summed E-state index contributed by atoms with van der Waals surface area (Å²) in [5, 5.41) is 32.4. The summed E-state index contributed by atoms with van der Waals surface area (Å²) < 4.78 is 0. The van der Waals surface area contributed by atoms with Crippen LogP contribution in [-0.2, 0) is 4.84 Å². The predicted molar refractivity (Wildman–Crippen MR) is 54.1 cm³/mol. The second kappa shape index (κ2) is 5.03. The lowest BCUT2D eigenvalue weighted by Gasteiger charge is -2.05. The first-order chi connectivity index (χ1) is 8.38. The van der Waals surface area contributed by atoms with Gasteiger partial charge in [0.1, 0.15) is 0 Å². The summed E-state index contributed by atoms with van der Waals surface area (Å²) in [4.78, 5) is 34.5. The van der Waals surface area contributed by atoms with E-state index < -0.39 is 32.7 Å². The predicted octanol–water partition coefficient (Wildman–Crippen LogP) is 0.938. The van der Waals surface area contributed by atoms with Crippen molar-refractivity contribution in [2.75, 3.05) is 6.61 Å². The smallest absolute Gasteiger partial charge is 0.330 e. The van der Waals surface area contributed by atoms with Crippen LogP contribution in [0.2, 0.25) is 0 Å². The molecule has 0 aliphatic carbocycles. The van der Waals surface area contributed by atoms with Gasteiger partial charge in [-0.05, 0) is 6.92 Å². The third-order valence-electron chi connectivity index (χ3n) is 1.89. The maximum absolute atomic E-state index is 11.3. The Morgan fingerprint density at radius 2 is 1.56 bits per heavy atom. The lowest BCUT2D eigenvalue weighted by molar-refractivity contribution is -0.744. The second-order valence-corrected chi connectivity index (χ2v) is 3.00. The van der Waals surface area contributed by atoms with Gasteiger partial charge in [0.25, 0.3) is 16.3 Å². The van der Waals surface area contributed by atoms with Gasteiger partial charge in [0, 0.05) is 0 Å². The molecule has 96 valence electrons. The number of rotatable bonds is 5. The van der Waals surface area contributed by atoms with Gasteiger partial charge in [-0.2, -0.15) is 0 Å². The van der Waals surface area contributed by atoms with Crippen molar-refractivity contribution >= 4 is 17.1 Å². The van der Waals surface area contributed by atoms with Crippen LogP contribution in [0.15, 0.2) is 12.1 Å². The molecule has 10 heteroatoms. The molecule has 0 N–H and O–H groups in total. The summed E-state index contributed by atoms with van der Waals surface area (Å²) in [6, 6.07) is 1.25. The molecule has 0 saturated heterocycles. The molecule has 18 heavy (non-hydrogen) atoms. The summed E-state index contributed by atoms with van der Waals surface area (Å²) in [6.07, 6.45) is 0. The topological polar surface area (TPSA) is 139 Å². The molecular weight excluding hydrogens is 250 g/mol. The summed E-state index contributed by atoms with van der Waals surface area (Å²) in [6.45, 7) is 1.44. The van der Waals surface area contributed by atoms with Gasteiger partial charge >= 0.3 is 5.69 Å². The molecule has 1 rings (SSSR count). The quantitative estimate of drug-likeness (QED) is 0.564. The minimum atomic E-state index is -1.36. The number of hydrogen-bond donors (Lipinski definition) is 0. The van der Waals surface area contributed by atoms with E-state index in [1.807, 2.05) is 0 Å². The lowest BCUT2D eigenvalue weighted by atomic mass is 10.2. The highest BCUT2D eigenvalue weighted by atomic mass is 16.8. The summed E-state index contributed by atoms with van der Waals surface area (Å²) in [5.41, 5.74) is -2.60. The standard InChI is InChI=1S/C8H7N3O7/c1-2-18-11(17)5-3-6(9(13)14)8(12)7(4-5)10(15)16/h3-4H,2H2,1H3. The highest BCUT2D eigenvalue weighted by Gasteiger charge is 2.28. The van der Waals surface area contributed by atoms with Crippen LogP contribution >= 0.6 is 0 Å². The molecule has 0 amide bonds. The zero-order valence-corrected chi connectivity index (χ0v) is 9.06. The molecule has 0 atom stereocenters. The van der Waals surface area contributed by atoms with Crippen molar-refractivity contribution in [1.29, 1.82) is 0 Å². The normalized spacial score (nSPS) is 9.83. The fraction of sp³-hybridized carbons (Fsp3) is 0.250. The second-order valence-electron chi connectivity index (χ2n) is 3.00. The van der Waals surface area contributed by atoms with Crippen LogP contribution in [-0.4, -0.2) is 21.4 Å². The lowest BCUT2D eigenvalue weighted by Crippen LogP contribution is -2.07. The molecule has 10 nitrogen and oxygen atoms in total. The summed E-state index contributed by atoms with van der Waals surface area (Å²) in [5.74, 6) is -1.36. The van der Waals surface area contributed by atoms with Crippen molar-refractivity contribution in [1.82, 2.24) is 0 Å². The number of nitro benzene ring substituents is 2. The average Bonchev–Trinajstić information content (AvgIpc) is 2.28. The van der Waals surface area contributed by atoms with Crippen molar-refractivity contribution in [2.24, 2.45) is 0 Å². The Labute approximate surface area is 99.2 Å². The van der Waals surface area contributed by atoms with Crippen molar-refractivity contribution in [2.45, 2.75) is 6.92 Å². The number of nitrogens with zero attached hydrogens (tertiary/aromatic N) is 3. The van der Waals surface area contributed by atoms with Gasteiger partial charge in [-0.3, -0.25) is 20.2 Å². The van der Waals surface area contributed by atoms with E-state index in [9.17, 15) is 30.2 Å². The largest absolute Gasteiger partial charge is 0.863 e. The maximum atomic E-state index is 11.3. The molecule has 0 radical (unpaired) electrons. The van der Waals surface area contributed by atoms with E-state index in [1.54, 1.807) is 0 Å². The minimum absolute atomic E-state index is 0.0375. The van der Waals surface area contributed by atoms with E-state index in [-0.39, 0.29) is 11.5 Å². The zero-order chi connectivity index (χ0) is 13.9. The number of nitro groups is 2. The van der Waals surface area contributed by atoms with E-state index in [0.717, 1.165) is 0 Å². The Morgan fingerprint density at radius 1 is 1.11 bits per heavy atom. The Hall–Kier alpha value is -2.78. The molecule has 0 unspecified atom stereocenters. The monoisotopic (exact) mass is 257 g/mol. The highest BCUT2D eigenvalue weighted by molar-refractivity contribution is 5.63. The molecule has 1 aromatic rings. The van der Waals surface area contributed by atoms with Crippen LogP contribution in [0.4, 0.5) is 17.1 Å². The molecule has 1 aromatic carbocycles. The van der Waals surface area contributed by atoms with Crippen LogP contribution in [0, 0.1) is 25.1 Å². The summed E-state index contributed by atoms with van der Waals surface area (Å²) >= 11 is 0. The number of benzene rings is 1. The van der Waals surface area contributed by atoms with Gasteiger partial charge in [-0.25, -0.2) is 4.84 Å². The van der Waals surface area contributed by atoms with Gasteiger partial charge in [-0.15, -0.1) is 0 Å². The van der Waals surface area contributed by atoms with Gasteiger partial charge < -0.3 is 5.11 Å². The van der Waals surface area contributed by atoms with Gasteiger partial charge in [0.15, 0.2) is 6.61 Å². The van der Waals surface area contributed by atoms with Gasteiger partial charge in [-0.1, -0.05) is 0 Å². The third kappa shape index (κ3) is 2.48. The zero-order valence-electron chi connectivity index (χ0n) is 9.06. The van der Waals surface area contributed by atoms with Crippen molar-refractivity contribution in [3.05, 3.63) is 37.3 Å². The van der Waals surface area contributed by atoms with Crippen LogP contribution in [0.1, 0.15) is 6.92 Å². The summed E-state index contributed by atoms with van der Waals surface area (Å²) in [7, 11) is 0. The molecule has 0 aromatic heterocycles. The van der Waals surface area contributed by atoms with E-state index in [0.29, 0.717) is 12.1 Å². The highest BCUT2D eigenvalue weighted by Crippen LogP contribution is 2.37. The van der Waals surface area contributed by atoms with E-state index in [2.05, 4.69) is 4.84 Å². The van der Waals surface area contributed by atoms with E-state index >= 15 is 0 Å². The maximum Gasteiger partial charge on any atom is 0.330 e. The first-order valence-corrected chi connectivity index (χ1v) is 4.62. The number of hydrogen-bond acceptors (Lipinski definition) is 7. The van der Waals surface area contributed by atoms with Crippen LogP contribution in [0.3, 0.4) is 0 Å². The van der Waals surface area contributed by atoms with Crippen molar-refractivity contribution < 1.29 is 24.7 Å². The third-order valence-corrected chi connectivity index (χ3v) is 1.89. The van der Waals surface area contributed by atoms with Gasteiger partial charge in [0.05, 0.1) is 32.6 Å². The molecule has 0 bridgehead atoms. The Morgan fingerprint density at radius 3 is 1.89 bits per heavy atom. The fourth-order valence-corrected chi connectivity index (χ4v) is 1.15. The molecule has 0 saturated carbocycles. The molecule has 0 spiro atoms. The Kier molecular flexibility index (Phi) is 3.72. The van der Waals surface area contributed by atoms with E-state index in [4.69, 9.17) is 0 Å². The Bertz CT molecular complexity index is 492. The Balaban J connectivity index is 3.43. The average molecular weight is 257 g/mol. The minimum Gasteiger partial charge on any atom is -0.863 e. The van der Waals surface area contributed by atoms with Crippen molar-refractivity contribution in [3.63, 3.8) is 0 Å². The van der Waals surface area contributed by atoms with Crippen LogP contribution < -0.4 is 5.11 Å². The van der Waals surface area contributed by atoms with Crippen molar-refractivity contribution in [3.8, 4) is 5.75 Å². The molecule has 0 aliphatic heterocycles. The first-order valence-electron chi connectivity index (χ1n) is 4.62.